The predicted octanol–water partition coefficient (Wildman–Crippen LogP) is -0.259. The summed E-state index contributed by atoms with van der Waals surface area (Å²) in [5, 5.41) is 18.7. The highest BCUT2D eigenvalue weighted by Crippen LogP contribution is 2.11. The molecule has 58 valence electrons. The maximum Gasteiger partial charge on any atom is 0.461 e. The molecule has 0 rings (SSSR count). The summed E-state index contributed by atoms with van der Waals surface area (Å²) in [6.07, 6.45) is -0.535. The highest BCUT2D eigenvalue weighted by atomic mass is 31.1. The SMILES string of the molecule is CC(N[P+](=O)CO)C(=O)O. The van der Waals surface area contributed by atoms with Crippen molar-refractivity contribution >= 4 is 13.9 Å². The summed E-state index contributed by atoms with van der Waals surface area (Å²) < 4.78 is 10.5. The van der Waals surface area contributed by atoms with E-state index < -0.39 is 26.3 Å². The zero-order chi connectivity index (χ0) is 8.15. The van der Waals surface area contributed by atoms with Gasteiger partial charge in [-0.05, 0) is 11.5 Å². The van der Waals surface area contributed by atoms with Gasteiger partial charge in [-0.2, -0.15) is 0 Å². The van der Waals surface area contributed by atoms with Gasteiger partial charge >= 0.3 is 13.9 Å². The van der Waals surface area contributed by atoms with Gasteiger partial charge in [-0.25, -0.2) is 0 Å². The van der Waals surface area contributed by atoms with Gasteiger partial charge in [0.2, 0.25) is 0 Å². The van der Waals surface area contributed by atoms with Gasteiger partial charge in [0, 0.05) is 0 Å². The van der Waals surface area contributed by atoms with E-state index in [4.69, 9.17) is 10.2 Å². The largest absolute Gasteiger partial charge is 0.480 e. The third-order valence-corrected chi connectivity index (χ3v) is 1.77. The fourth-order valence-electron chi connectivity index (χ4n) is 0.312. The van der Waals surface area contributed by atoms with E-state index in [1.807, 2.05) is 0 Å². The molecule has 0 aromatic carbocycles. The molecule has 0 aliphatic carbocycles. The van der Waals surface area contributed by atoms with E-state index in [9.17, 15) is 9.36 Å². The molecule has 0 aliphatic rings. The topological polar surface area (TPSA) is 86.6 Å². The van der Waals surface area contributed by atoms with Crippen molar-refractivity contribution in [2.75, 3.05) is 6.35 Å². The summed E-state index contributed by atoms with van der Waals surface area (Å²) in [5.74, 6) is -1.09. The van der Waals surface area contributed by atoms with E-state index in [0.29, 0.717) is 0 Å². The minimum Gasteiger partial charge on any atom is -0.480 e. The highest BCUT2D eigenvalue weighted by molar-refractivity contribution is 7.42. The lowest BCUT2D eigenvalue weighted by molar-refractivity contribution is -0.138. The molecule has 0 bridgehead atoms. The molecule has 0 saturated carbocycles. The van der Waals surface area contributed by atoms with Crippen LogP contribution in [-0.4, -0.2) is 28.6 Å². The molecule has 3 N–H and O–H groups in total. The smallest absolute Gasteiger partial charge is 0.461 e. The Kier molecular flexibility index (Phi) is 4.11. The van der Waals surface area contributed by atoms with Gasteiger partial charge in [0.15, 0.2) is 0 Å². The van der Waals surface area contributed by atoms with Crippen LogP contribution in [0.1, 0.15) is 6.92 Å². The monoisotopic (exact) mass is 166 g/mol. The molecule has 2 unspecified atom stereocenters. The number of aliphatic hydroxyl groups is 1. The average molecular weight is 166 g/mol. The van der Waals surface area contributed by atoms with Gasteiger partial charge < -0.3 is 10.2 Å². The van der Waals surface area contributed by atoms with Gasteiger partial charge in [0.05, 0.1) is 0 Å². The Morgan fingerprint density at radius 1 is 1.80 bits per heavy atom. The zero-order valence-electron chi connectivity index (χ0n) is 5.44. The van der Waals surface area contributed by atoms with Crippen molar-refractivity contribution in [1.82, 2.24) is 5.09 Å². The van der Waals surface area contributed by atoms with Crippen LogP contribution in [-0.2, 0) is 9.36 Å². The van der Waals surface area contributed by atoms with Gasteiger partial charge in [-0.1, -0.05) is 5.09 Å². The Morgan fingerprint density at radius 3 is 2.60 bits per heavy atom. The molecule has 0 radical (unpaired) electrons. The quantitative estimate of drug-likeness (QED) is 0.501. The van der Waals surface area contributed by atoms with Crippen LogP contribution in [0.4, 0.5) is 0 Å². The molecule has 0 saturated heterocycles. The number of hydrogen-bond acceptors (Lipinski definition) is 3. The molecule has 0 aromatic rings. The third-order valence-electron chi connectivity index (χ3n) is 0.837. The van der Waals surface area contributed by atoms with E-state index in [1.165, 1.54) is 6.92 Å². The second-order valence-electron chi connectivity index (χ2n) is 1.71. The molecule has 0 aliphatic heterocycles. The van der Waals surface area contributed by atoms with Crippen LogP contribution in [0.3, 0.4) is 0 Å². The molecule has 2 atom stereocenters. The summed E-state index contributed by atoms with van der Waals surface area (Å²) in [6.45, 7) is 1.35. The number of hydrogen-bond donors (Lipinski definition) is 3. The van der Waals surface area contributed by atoms with Crippen LogP contribution in [0, 0.1) is 0 Å². The minimum atomic E-state index is -1.98. The summed E-state index contributed by atoms with van der Waals surface area (Å²) in [5.41, 5.74) is 0. The number of aliphatic hydroxyl groups excluding tert-OH is 1. The molecular weight excluding hydrogens is 157 g/mol. The van der Waals surface area contributed by atoms with Crippen LogP contribution >= 0.6 is 7.95 Å². The van der Waals surface area contributed by atoms with Crippen molar-refractivity contribution in [3.8, 4) is 0 Å². The summed E-state index contributed by atoms with van der Waals surface area (Å²) in [4.78, 5) is 10.1. The maximum absolute atomic E-state index is 10.5. The number of carbonyl (C=O) groups is 1. The first-order valence-electron chi connectivity index (χ1n) is 2.62. The van der Waals surface area contributed by atoms with Crippen LogP contribution in [0.5, 0.6) is 0 Å². The molecule has 0 fully saturated rings. The Hall–Kier alpha value is -0.510. The van der Waals surface area contributed by atoms with E-state index in [0.717, 1.165) is 0 Å². The van der Waals surface area contributed by atoms with Crippen molar-refractivity contribution in [1.29, 1.82) is 0 Å². The molecule has 5 nitrogen and oxygen atoms in total. The second kappa shape index (κ2) is 4.33. The fraction of sp³-hybridized carbons (Fsp3) is 0.750. The summed E-state index contributed by atoms with van der Waals surface area (Å²) >= 11 is 0. The number of carboxylic acids is 1. The number of rotatable bonds is 4. The first kappa shape index (κ1) is 9.49. The predicted molar refractivity (Wildman–Crippen MR) is 34.9 cm³/mol. The van der Waals surface area contributed by atoms with Crippen molar-refractivity contribution in [3.63, 3.8) is 0 Å². The Morgan fingerprint density at radius 2 is 2.30 bits per heavy atom. The van der Waals surface area contributed by atoms with Crippen LogP contribution in [0.15, 0.2) is 0 Å². The first-order chi connectivity index (χ1) is 4.57. The first-order valence-corrected chi connectivity index (χ1v) is 4.07. The Labute approximate surface area is 58.9 Å². The minimum absolute atomic E-state index is 0.535. The molecule has 6 heteroatoms. The molecule has 0 amide bonds. The number of carboxylic acid groups (broad SMARTS) is 1. The molecular formula is C4H9NO4P+. The molecule has 0 heterocycles. The van der Waals surface area contributed by atoms with Gasteiger partial charge in [-0.15, -0.1) is 0 Å². The van der Waals surface area contributed by atoms with E-state index in [-0.39, 0.29) is 0 Å². The molecule has 10 heavy (non-hydrogen) atoms. The van der Waals surface area contributed by atoms with E-state index >= 15 is 0 Å². The second-order valence-corrected chi connectivity index (χ2v) is 3.01. The van der Waals surface area contributed by atoms with Crippen molar-refractivity contribution in [2.45, 2.75) is 13.0 Å². The van der Waals surface area contributed by atoms with Gasteiger partial charge in [-0.3, -0.25) is 4.79 Å². The lowest BCUT2D eigenvalue weighted by Crippen LogP contribution is -2.28. The van der Waals surface area contributed by atoms with Crippen molar-refractivity contribution < 1.29 is 19.6 Å². The Balaban J connectivity index is 3.68. The highest BCUT2D eigenvalue weighted by Gasteiger charge is 2.21. The van der Waals surface area contributed by atoms with Crippen molar-refractivity contribution in [2.24, 2.45) is 0 Å². The third kappa shape index (κ3) is 3.50. The number of aliphatic carboxylic acids is 1. The standard InChI is InChI=1S/C4H8NO4P/c1-3(4(7)8)5-10(9)2-6/h3,6H,2H2,1H3,(H-,5,7,8,9)/p+1. The molecule has 0 spiro atoms. The molecule has 0 aromatic heterocycles. The van der Waals surface area contributed by atoms with E-state index in [1.54, 1.807) is 0 Å². The van der Waals surface area contributed by atoms with Crippen LogP contribution in [0.25, 0.3) is 0 Å². The number of nitrogens with one attached hydrogen (secondary N) is 1. The maximum atomic E-state index is 10.5. The van der Waals surface area contributed by atoms with Crippen LogP contribution in [0.2, 0.25) is 0 Å². The fourth-order valence-corrected chi connectivity index (χ4v) is 0.936. The summed E-state index contributed by atoms with van der Waals surface area (Å²) in [7, 11) is -1.98. The Bertz CT molecular complexity index is 148. The zero-order valence-corrected chi connectivity index (χ0v) is 6.34. The van der Waals surface area contributed by atoms with Crippen molar-refractivity contribution in [3.05, 3.63) is 0 Å². The average Bonchev–Trinajstić information content (AvgIpc) is 1.87. The lowest BCUT2D eigenvalue weighted by Gasteiger charge is -1.96. The van der Waals surface area contributed by atoms with Gasteiger partial charge in [0.25, 0.3) is 6.35 Å². The van der Waals surface area contributed by atoms with Crippen LogP contribution < -0.4 is 5.09 Å². The normalized spacial score (nSPS) is 14.4. The van der Waals surface area contributed by atoms with Gasteiger partial charge in [0.1, 0.15) is 6.04 Å². The lowest BCUT2D eigenvalue weighted by atomic mass is 10.4. The van der Waals surface area contributed by atoms with E-state index in [2.05, 4.69) is 5.09 Å². The summed E-state index contributed by atoms with van der Waals surface area (Å²) in [6, 6.07) is -0.879.